The number of nitrogens with zero attached hydrogens (tertiary/aromatic N) is 1. The minimum Gasteiger partial charge on any atom is -0.348 e. The summed E-state index contributed by atoms with van der Waals surface area (Å²) in [5.74, 6) is -0.358. The maximum Gasteiger partial charge on any atom is 0.241 e. The molecule has 0 fully saturated rings. The standard InChI is InChI=1S/C19H23BrN2O3S/c1-13-8-9-18(14(2)10-13)15(3)21-19(23)12-22(26(4,24)25)17-7-5-6-16(20)11-17/h5-11,15H,12H2,1-4H3,(H,21,23)/t15-/m0/s1. The van der Waals surface area contributed by atoms with E-state index in [1.165, 1.54) is 0 Å². The Kier molecular flexibility index (Phi) is 6.47. The van der Waals surface area contributed by atoms with E-state index in [9.17, 15) is 13.2 Å². The van der Waals surface area contributed by atoms with E-state index in [2.05, 4.69) is 27.3 Å². The highest BCUT2D eigenvalue weighted by atomic mass is 79.9. The van der Waals surface area contributed by atoms with Crippen molar-refractivity contribution in [1.82, 2.24) is 5.32 Å². The van der Waals surface area contributed by atoms with Crippen LogP contribution in [-0.4, -0.2) is 27.1 Å². The fourth-order valence-corrected chi connectivity index (χ4v) is 4.07. The number of halogens is 1. The third-order valence-corrected chi connectivity index (χ3v) is 5.69. The smallest absolute Gasteiger partial charge is 0.241 e. The van der Waals surface area contributed by atoms with E-state index < -0.39 is 10.0 Å². The highest BCUT2D eigenvalue weighted by molar-refractivity contribution is 9.10. The number of sulfonamides is 1. The Morgan fingerprint density at radius 3 is 2.46 bits per heavy atom. The second-order valence-electron chi connectivity index (χ2n) is 6.40. The van der Waals surface area contributed by atoms with Gasteiger partial charge in [0.1, 0.15) is 6.54 Å². The van der Waals surface area contributed by atoms with Crippen LogP contribution in [-0.2, 0) is 14.8 Å². The number of hydrogen-bond donors (Lipinski definition) is 1. The number of aryl methyl sites for hydroxylation is 2. The number of carbonyl (C=O) groups excluding carboxylic acids is 1. The SMILES string of the molecule is Cc1ccc([C@H](C)NC(=O)CN(c2cccc(Br)c2)S(C)(=O)=O)c(C)c1. The average Bonchev–Trinajstić information content (AvgIpc) is 2.51. The van der Waals surface area contributed by atoms with Gasteiger partial charge in [-0.1, -0.05) is 45.8 Å². The molecule has 0 heterocycles. The van der Waals surface area contributed by atoms with Crippen LogP contribution in [0.4, 0.5) is 5.69 Å². The van der Waals surface area contributed by atoms with Crippen LogP contribution >= 0.6 is 15.9 Å². The van der Waals surface area contributed by atoms with Crippen molar-refractivity contribution in [3.8, 4) is 0 Å². The monoisotopic (exact) mass is 438 g/mol. The molecular weight excluding hydrogens is 416 g/mol. The molecule has 5 nitrogen and oxygen atoms in total. The van der Waals surface area contributed by atoms with Gasteiger partial charge in [0.05, 0.1) is 18.0 Å². The third kappa shape index (κ3) is 5.32. The second kappa shape index (κ2) is 8.22. The molecule has 0 spiro atoms. The van der Waals surface area contributed by atoms with Gasteiger partial charge in [-0.2, -0.15) is 0 Å². The van der Waals surface area contributed by atoms with Gasteiger partial charge < -0.3 is 5.32 Å². The lowest BCUT2D eigenvalue weighted by Crippen LogP contribution is -2.41. The van der Waals surface area contributed by atoms with E-state index in [0.29, 0.717) is 5.69 Å². The van der Waals surface area contributed by atoms with Gasteiger partial charge in [-0.15, -0.1) is 0 Å². The molecule has 0 saturated carbocycles. The zero-order chi connectivity index (χ0) is 19.5. The summed E-state index contributed by atoms with van der Waals surface area (Å²) in [5.41, 5.74) is 3.70. The summed E-state index contributed by atoms with van der Waals surface area (Å²) in [5, 5.41) is 2.89. The molecule has 2 aromatic carbocycles. The molecule has 0 radical (unpaired) electrons. The molecular formula is C19H23BrN2O3S. The zero-order valence-electron chi connectivity index (χ0n) is 15.3. The quantitative estimate of drug-likeness (QED) is 0.747. The van der Waals surface area contributed by atoms with E-state index in [0.717, 1.165) is 31.7 Å². The fraction of sp³-hybridized carbons (Fsp3) is 0.316. The summed E-state index contributed by atoms with van der Waals surface area (Å²) in [7, 11) is -3.59. The van der Waals surface area contributed by atoms with Crippen molar-refractivity contribution in [2.24, 2.45) is 0 Å². The van der Waals surface area contributed by atoms with Crippen LogP contribution in [0.1, 0.15) is 29.7 Å². The molecule has 0 aliphatic heterocycles. The van der Waals surface area contributed by atoms with Crippen molar-refractivity contribution in [2.45, 2.75) is 26.8 Å². The van der Waals surface area contributed by atoms with E-state index in [1.54, 1.807) is 24.3 Å². The summed E-state index contributed by atoms with van der Waals surface area (Å²) in [4.78, 5) is 12.5. The van der Waals surface area contributed by atoms with Crippen molar-refractivity contribution in [3.05, 3.63) is 63.6 Å². The molecule has 0 bridgehead atoms. The van der Waals surface area contributed by atoms with E-state index in [-0.39, 0.29) is 18.5 Å². The molecule has 0 aliphatic carbocycles. The third-order valence-electron chi connectivity index (χ3n) is 4.05. The molecule has 26 heavy (non-hydrogen) atoms. The lowest BCUT2D eigenvalue weighted by molar-refractivity contribution is -0.120. The zero-order valence-corrected chi connectivity index (χ0v) is 17.7. The van der Waals surface area contributed by atoms with Crippen LogP contribution < -0.4 is 9.62 Å². The Morgan fingerprint density at radius 2 is 1.88 bits per heavy atom. The predicted molar refractivity (Wildman–Crippen MR) is 109 cm³/mol. The van der Waals surface area contributed by atoms with Gasteiger partial charge in [-0.25, -0.2) is 8.42 Å². The Morgan fingerprint density at radius 1 is 1.19 bits per heavy atom. The number of nitrogens with one attached hydrogen (secondary N) is 1. The van der Waals surface area contributed by atoms with Gasteiger partial charge in [0.25, 0.3) is 0 Å². The van der Waals surface area contributed by atoms with Crippen molar-refractivity contribution in [1.29, 1.82) is 0 Å². The lowest BCUT2D eigenvalue weighted by Gasteiger charge is -2.24. The summed E-state index contributed by atoms with van der Waals surface area (Å²) in [6, 6.07) is 12.7. The normalized spacial score (nSPS) is 12.5. The molecule has 1 N–H and O–H groups in total. The number of benzene rings is 2. The molecule has 1 amide bonds. The number of hydrogen-bond acceptors (Lipinski definition) is 3. The fourth-order valence-electron chi connectivity index (χ4n) is 2.84. The van der Waals surface area contributed by atoms with Crippen LogP contribution in [0.3, 0.4) is 0 Å². The summed E-state index contributed by atoms with van der Waals surface area (Å²) in [6.45, 7) is 5.63. The maximum absolute atomic E-state index is 12.5. The molecule has 0 unspecified atom stereocenters. The maximum atomic E-state index is 12.5. The molecule has 2 rings (SSSR count). The van der Waals surface area contributed by atoms with Crippen LogP contribution in [0.5, 0.6) is 0 Å². The van der Waals surface area contributed by atoms with E-state index in [1.807, 2.05) is 32.9 Å². The molecule has 7 heteroatoms. The Bertz CT molecular complexity index is 913. The predicted octanol–water partition coefficient (Wildman–Crippen LogP) is 3.71. The topological polar surface area (TPSA) is 66.5 Å². The van der Waals surface area contributed by atoms with Gasteiger partial charge in [-0.3, -0.25) is 9.10 Å². The molecule has 0 aromatic heterocycles. The summed E-state index contributed by atoms with van der Waals surface area (Å²) < 4.78 is 26.2. The van der Waals surface area contributed by atoms with Gasteiger partial charge in [-0.05, 0) is 50.1 Å². The van der Waals surface area contributed by atoms with Gasteiger partial charge in [0.2, 0.25) is 15.9 Å². The summed E-state index contributed by atoms with van der Waals surface area (Å²) >= 11 is 3.33. The lowest BCUT2D eigenvalue weighted by atomic mass is 10.0. The average molecular weight is 439 g/mol. The van der Waals surface area contributed by atoms with Gasteiger partial charge >= 0.3 is 0 Å². The van der Waals surface area contributed by atoms with Crippen molar-refractivity contribution >= 4 is 37.5 Å². The molecule has 0 aliphatic rings. The largest absolute Gasteiger partial charge is 0.348 e. The van der Waals surface area contributed by atoms with Crippen molar-refractivity contribution in [2.75, 3.05) is 17.1 Å². The van der Waals surface area contributed by atoms with Crippen molar-refractivity contribution in [3.63, 3.8) is 0 Å². The molecule has 2 aromatic rings. The van der Waals surface area contributed by atoms with Crippen molar-refractivity contribution < 1.29 is 13.2 Å². The number of amides is 1. The first-order chi connectivity index (χ1) is 12.1. The number of rotatable bonds is 6. The number of anilines is 1. The first-order valence-corrected chi connectivity index (χ1v) is 10.8. The Labute approximate surface area is 163 Å². The minimum absolute atomic E-state index is 0.216. The van der Waals surface area contributed by atoms with Gasteiger partial charge in [0.15, 0.2) is 0 Å². The second-order valence-corrected chi connectivity index (χ2v) is 9.22. The highest BCUT2D eigenvalue weighted by Crippen LogP contribution is 2.22. The van der Waals surface area contributed by atoms with Crippen LogP contribution in [0.2, 0.25) is 0 Å². The molecule has 1 atom stereocenters. The highest BCUT2D eigenvalue weighted by Gasteiger charge is 2.22. The Balaban J connectivity index is 2.17. The van der Waals surface area contributed by atoms with E-state index >= 15 is 0 Å². The van der Waals surface area contributed by atoms with Crippen LogP contribution in [0.25, 0.3) is 0 Å². The van der Waals surface area contributed by atoms with Crippen LogP contribution in [0.15, 0.2) is 46.9 Å². The molecule has 140 valence electrons. The minimum atomic E-state index is -3.59. The van der Waals surface area contributed by atoms with E-state index in [4.69, 9.17) is 0 Å². The first-order valence-electron chi connectivity index (χ1n) is 8.17. The summed E-state index contributed by atoms with van der Waals surface area (Å²) in [6.07, 6.45) is 1.09. The first kappa shape index (κ1) is 20.5. The van der Waals surface area contributed by atoms with Crippen LogP contribution in [0, 0.1) is 13.8 Å². The molecule has 0 saturated heterocycles. The Hall–Kier alpha value is -1.86. The number of carbonyl (C=O) groups is 1. The van der Waals surface area contributed by atoms with Gasteiger partial charge in [0, 0.05) is 4.47 Å².